The predicted molar refractivity (Wildman–Crippen MR) is 88.6 cm³/mol. The number of carbonyl (C=O) groups is 1. The third kappa shape index (κ3) is 4.42. The molecule has 23 heavy (non-hydrogen) atoms. The minimum Gasteiger partial charge on any atom is -0.354 e. The van der Waals surface area contributed by atoms with Gasteiger partial charge in [-0.3, -0.25) is 14.2 Å². The van der Waals surface area contributed by atoms with Crippen LogP contribution in [-0.4, -0.2) is 22.0 Å². The van der Waals surface area contributed by atoms with E-state index in [1.54, 1.807) is 24.5 Å². The van der Waals surface area contributed by atoms with Gasteiger partial charge in [0.25, 0.3) is 5.56 Å². The molecule has 0 atom stereocenters. The van der Waals surface area contributed by atoms with Crippen molar-refractivity contribution in [2.75, 3.05) is 6.54 Å². The second-order valence-electron chi connectivity index (χ2n) is 5.77. The SMILES string of the molecule is O=C(Cc1ccc(Cl)cc1)NCCn1cnc(C2CC2)cc1=O. The topological polar surface area (TPSA) is 64.0 Å². The van der Waals surface area contributed by atoms with Gasteiger partial charge in [-0.05, 0) is 30.5 Å². The molecule has 0 saturated heterocycles. The number of nitrogens with zero attached hydrogens (tertiary/aromatic N) is 2. The van der Waals surface area contributed by atoms with Crippen molar-refractivity contribution in [2.24, 2.45) is 0 Å². The summed E-state index contributed by atoms with van der Waals surface area (Å²) in [4.78, 5) is 28.2. The van der Waals surface area contributed by atoms with Crippen LogP contribution in [-0.2, 0) is 17.8 Å². The number of benzene rings is 1. The van der Waals surface area contributed by atoms with E-state index in [0.29, 0.717) is 30.5 Å². The fourth-order valence-corrected chi connectivity index (χ4v) is 2.50. The second-order valence-corrected chi connectivity index (χ2v) is 6.21. The molecule has 0 unspecified atom stereocenters. The van der Waals surface area contributed by atoms with Crippen LogP contribution in [0.3, 0.4) is 0 Å². The molecule has 1 amide bonds. The van der Waals surface area contributed by atoms with Crippen molar-refractivity contribution < 1.29 is 4.79 Å². The summed E-state index contributed by atoms with van der Waals surface area (Å²) in [6, 6.07) is 8.78. The molecule has 1 heterocycles. The van der Waals surface area contributed by atoms with Crippen LogP contribution in [0.15, 0.2) is 41.5 Å². The lowest BCUT2D eigenvalue weighted by atomic mass is 10.1. The number of carbonyl (C=O) groups excluding carboxylic acids is 1. The molecule has 3 rings (SSSR count). The van der Waals surface area contributed by atoms with Crippen molar-refractivity contribution in [1.82, 2.24) is 14.9 Å². The van der Waals surface area contributed by atoms with Crippen LogP contribution in [0.1, 0.15) is 30.0 Å². The van der Waals surface area contributed by atoms with E-state index in [0.717, 1.165) is 24.1 Å². The molecule has 1 saturated carbocycles. The molecule has 5 nitrogen and oxygen atoms in total. The van der Waals surface area contributed by atoms with Gasteiger partial charge >= 0.3 is 0 Å². The molecule has 1 aliphatic carbocycles. The highest BCUT2D eigenvalue weighted by Gasteiger charge is 2.25. The summed E-state index contributed by atoms with van der Waals surface area (Å²) < 4.78 is 1.52. The molecule has 1 N–H and O–H groups in total. The molecule has 1 aliphatic rings. The molecule has 120 valence electrons. The molecule has 0 spiro atoms. The largest absolute Gasteiger partial charge is 0.354 e. The highest BCUT2D eigenvalue weighted by molar-refractivity contribution is 6.30. The third-order valence-electron chi connectivity index (χ3n) is 3.85. The van der Waals surface area contributed by atoms with Gasteiger partial charge in [-0.1, -0.05) is 23.7 Å². The Morgan fingerprint density at radius 3 is 2.70 bits per heavy atom. The molecule has 6 heteroatoms. The summed E-state index contributed by atoms with van der Waals surface area (Å²) >= 11 is 5.81. The Kier molecular flexibility index (Phi) is 4.76. The van der Waals surface area contributed by atoms with Crippen molar-refractivity contribution in [3.8, 4) is 0 Å². The van der Waals surface area contributed by atoms with E-state index >= 15 is 0 Å². The quantitative estimate of drug-likeness (QED) is 0.882. The number of hydrogen-bond acceptors (Lipinski definition) is 3. The van der Waals surface area contributed by atoms with Crippen LogP contribution in [0.5, 0.6) is 0 Å². The van der Waals surface area contributed by atoms with Crippen LogP contribution in [0.4, 0.5) is 0 Å². The zero-order valence-electron chi connectivity index (χ0n) is 12.7. The summed E-state index contributed by atoms with van der Waals surface area (Å²) in [5, 5.41) is 3.46. The molecule has 2 aromatic rings. The maximum Gasteiger partial charge on any atom is 0.253 e. The Bertz CT molecular complexity index is 751. The second kappa shape index (κ2) is 6.96. The molecule has 0 radical (unpaired) electrons. The monoisotopic (exact) mass is 331 g/mol. The minimum atomic E-state index is -0.0806. The fourth-order valence-electron chi connectivity index (χ4n) is 2.38. The first kappa shape index (κ1) is 15.7. The van der Waals surface area contributed by atoms with E-state index in [2.05, 4.69) is 10.3 Å². The minimum absolute atomic E-state index is 0.0612. The zero-order chi connectivity index (χ0) is 16.2. The Hall–Kier alpha value is -2.14. The Morgan fingerprint density at radius 1 is 1.30 bits per heavy atom. The maximum atomic E-state index is 12.0. The first-order valence-electron chi connectivity index (χ1n) is 7.69. The first-order chi connectivity index (χ1) is 11.1. The van der Waals surface area contributed by atoms with E-state index < -0.39 is 0 Å². The molecule has 0 aliphatic heterocycles. The lowest BCUT2D eigenvalue weighted by Crippen LogP contribution is -2.31. The highest BCUT2D eigenvalue weighted by atomic mass is 35.5. The summed E-state index contributed by atoms with van der Waals surface area (Å²) in [5.74, 6) is 0.388. The molecular formula is C17H18ClN3O2. The van der Waals surface area contributed by atoms with Gasteiger partial charge in [0.1, 0.15) is 0 Å². The van der Waals surface area contributed by atoms with E-state index in [-0.39, 0.29) is 11.5 Å². The average molecular weight is 332 g/mol. The van der Waals surface area contributed by atoms with Gasteiger partial charge in [-0.25, -0.2) is 4.98 Å². The van der Waals surface area contributed by atoms with E-state index in [1.165, 1.54) is 4.57 Å². The number of aromatic nitrogens is 2. The summed E-state index contributed by atoms with van der Waals surface area (Å²) in [7, 11) is 0. The van der Waals surface area contributed by atoms with Crippen LogP contribution in [0, 0.1) is 0 Å². The van der Waals surface area contributed by atoms with Gasteiger partial charge in [0.05, 0.1) is 18.4 Å². The van der Waals surface area contributed by atoms with Crippen molar-refractivity contribution in [1.29, 1.82) is 0 Å². The summed E-state index contributed by atoms with van der Waals surface area (Å²) in [6.07, 6.45) is 4.11. The number of rotatable bonds is 6. The lowest BCUT2D eigenvalue weighted by molar-refractivity contribution is -0.120. The third-order valence-corrected chi connectivity index (χ3v) is 4.10. The van der Waals surface area contributed by atoms with Gasteiger partial charge in [0, 0.05) is 30.1 Å². The van der Waals surface area contributed by atoms with Crippen molar-refractivity contribution in [3.05, 3.63) is 63.3 Å². The van der Waals surface area contributed by atoms with Gasteiger partial charge < -0.3 is 5.32 Å². The normalized spacial score (nSPS) is 13.8. The Labute approximate surface area is 139 Å². The standard InChI is InChI=1S/C17H18ClN3O2/c18-14-5-1-12(2-6-14)9-16(22)19-7-8-21-11-20-15(10-17(21)23)13-3-4-13/h1-2,5-6,10-11,13H,3-4,7-9H2,(H,19,22). The van der Waals surface area contributed by atoms with E-state index in [4.69, 9.17) is 11.6 Å². The van der Waals surface area contributed by atoms with Crippen LogP contribution >= 0.6 is 11.6 Å². The zero-order valence-corrected chi connectivity index (χ0v) is 13.4. The van der Waals surface area contributed by atoms with Crippen LogP contribution in [0.2, 0.25) is 5.02 Å². The van der Waals surface area contributed by atoms with Crippen molar-refractivity contribution in [3.63, 3.8) is 0 Å². The van der Waals surface area contributed by atoms with Crippen LogP contribution in [0.25, 0.3) is 0 Å². The van der Waals surface area contributed by atoms with Crippen molar-refractivity contribution in [2.45, 2.75) is 31.7 Å². The molecular weight excluding hydrogens is 314 g/mol. The van der Waals surface area contributed by atoms with E-state index in [1.807, 2.05) is 12.1 Å². The first-order valence-corrected chi connectivity index (χ1v) is 8.07. The highest BCUT2D eigenvalue weighted by Crippen LogP contribution is 2.38. The Balaban J connectivity index is 1.48. The summed E-state index contributed by atoms with van der Waals surface area (Å²) in [6.45, 7) is 0.819. The number of halogens is 1. The smallest absolute Gasteiger partial charge is 0.253 e. The maximum absolute atomic E-state index is 12.0. The van der Waals surface area contributed by atoms with E-state index in [9.17, 15) is 9.59 Å². The fraction of sp³-hybridized carbons (Fsp3) is 0.353. The van der Waals surface area contributed by atoms with Gasteiger partial charge in [-0.2, -0.15) is 0 Å². The molecule has 1 aromatic heterocycles. The van der Waals surface area contributed by atoms with Crippen LogP contribution < -0.4 is 10.9 Å². The molecule has 1 fully saturated rings. The lowest BCUT2D eigenvalue weighted by Gasteiger charge is -2.08. The molecule has 1 aromatic carbocycles. The van der Waals surface area contributed by atoms with Gasteiger partial charge in [-0.15, -0.1) is 0 Å². The number of nitrogens with one attached hydrogen (secondary N) is 1. The Morgan fingerprint density at radius 2 is 2.04 bits per heavy atom. The predicted octanol–water partition coefficient (Wildman–Crippen LogP) is 2.13. The summed E-state index contributed by atoms with van der Waals surface area (Å²) in [5.41, 5.74) is 1.73. The van der Waals surface area contributed by atoms with Gasteiger partial charge in [0.15, 0.2) is 0 Å². The van der Waals surface area contributed by atoms with Gasteiger partial charge in [0.2, 0.25) is 5.91 Å². The number of hydrogen-bond donors (Lipinski definition) is 1. The molecule has 0 bridgehead atoms. The average Bonchev–Trinajstić information content (AvgIpc) is 3.36. The van der Waals surface area contributed by atoms with Crippen molar-refractivity contribution >= 4 is 17.5 Å². The number of amides is 1.